The highest BCUT2D eigenvalue weighted by Crippen LogP contribution is 2.31. The second-order valence-electron chi connectivity index (χ2n) is 7.43. The van der Waals surface area contributed by atoms with Crippen LogP contribution in [0.3, 0.4) is 0 Å². The van der Waals surface area contributed by atoms with Crippen molar-refractivity contribution in [1.29, 1.82) is 0 Å². The Morgan fingerprint density at radius 2 is 1.38 bits per heavy atom. The molecule has 0 aromatic heterocycles. The van der Waals surface area contributed by atoms with E-state index < -0.39 is 0 Å². The topological polar surface area (TPSA) is 15.3 Å². The summed E-state index contributed by atoms with van der Waals surface area (Å²) in [5, 5.41) is 3.90. The number of hydrogen-bond donors (Lipinski definition) is 1. The van der Waals surface area contributed by atoms with Crippen LogP contribution >= 0.6 is 0 Å². The Hall–Kier alpha value is -0.0800. The van der Waals surface area contributed by atoms with Crippen molar-refractivity contribution in [3.63, 3.8) is 0 Å². The molecule has 2 atom stereocenters. The van der Waals surface area contributed by atoms with E-state index in [9.17, 15) is 0 Å². The third-order valence-corrected chi connectivity index (χ3v) is 5.53. The zero-order valence-corrected chi connectivity index (χ0v) is 14.6. The molecule has 21 heavy (non-hydrogen) atoms. The van der Waals surface area contributed by atoms with Crippen LogP contribution in [0.1, 0.15) is 90.4 Å². The van der Waals surface area contributed by atoms with E-state index in [1.165, 1.54) is 90.0 Å². The van der Waals surface area contributed by atoms with Crippen molar-refractivity contribution in [2.45, 2.75) is 109 Å². The first-order chi connectivity index (χ1) is 10.3. The Morgan fingerprint density at radius 1 is 0.810 bits per heavy atom. The van der Waals surface area contributed by atoms with Gasteiger partial charge in [-0.05, 0) is 45.7 Å². The van der Waals surface area contributed by atoms with Crippen LogP contribution in [0.5, 0.6) is 0 Å². The summed E-state index contributed by atoms with van der Waals surface area (Å²) in [6.07, 6.45) is 18.6. The van der Waals surface area contributed by atoms with Gasteiger partial charge in [-0.2, -0.15) is 0 Å². The summed E-state index contributed by atoms with van der Waals surface area (Å²) in [4.78, 5) is 2.74. The summed E-state index contributed by atoms with van der Waals surface area (Å²) in [5.74, 6) is 0. The molecular weight excluding hydrogens is 256 g/mol. The summed E-state index contributed by atoms with van der Waals surface area (Å²) in [7, 11) is 2.40. The van der Waals surface area contributed by atoms with Crippen molar-refractivity contribution in [3.8, 4) is 0 Å². The van der Waals surface area contributed by atoms with Gasteiger partial charge in [0.25, 0.3) is 0 Å². The van der Waals surface area contributed by atoms with E-state index in [-0.39, 0.29) is 0 Å². The molecule has 0 saturated heterocycles. The second kappa shape index (κ2) is 9.84. The molecule has 0 aliphatic heterocycles. The summed E-state index contributed by atoms with van der Waals surface area (Å²) in [5.41, 5.74) is 0. The molecule has 0 aromatic rings. The molecular formula is C19H38N2. The molecule has 2 heteroatoms. The zero-order chi connectivity index (χ0) is 14.9. The van der Waals surface area contributed by atoms with Gasteiger partial charge in [0.15, 0.2) is 0 Å². The normalized spacial score (nSPS) is 29.9. The highest BCUT2D eigenvalue weighted by molar-refractivity contribution is 4.92. The van der Waals surface area contributed by atoms with E-state index in [0.717, 1.165) is 18.1 Å². The third-order valence-electron chi connectivity index (χ3n) is 5.53. The molecule has 2 fully saturated rings. The van der Waals surface area contributed by atoms with Gasteiger partial charge in [0.2, 0.25) is 0 Å². The number of likely N-dealkylation sites (N-methyl/N-ethyl adjacent to an activating group) is 1. The van der Waals surface area contributed by atoms with Crippen molar-refractivity contribution in [1.82, 2.24) is 10.2 Å². The first-order valence-electron chi connectivity index (χ1n) is 9.78. The molecule has 0 heterocycles. The average Bonchev–Trinajstić information content (AvgIpc) is 3.31. The molecule has 124 valence electrons. The van der Waals surface area contributed by atoms with Gasteiger partial charge in [-0.3, -0.25) is 4.90 Å². The molecule has 2 unspecified atom stereocenters. The van der Waals surface area contributed by atoms with Crippen molar-refractivity contribution < 1.29 is 0 Å². The van der Waals surface area contributed by atoms with Crippen molar-refractivity contribution >= 4 is 0 Å². The lowest BCUT2D eigenvalue weighted by molar-refractivity contribution is 0.161. The van der Waals surface area contributed by atoms with Crippen LogP contribution in [-0.2, 0) is 0 Å². The third kappa shape index (κ3) is 6.28. The molecule has 2 rings (SSSR count). The van der Waals surface area contributed by atoms with Crippen LogP contribution in [0.15, 0.2) is 0 Å². The molecule has 0 bridgehead atoms. The fourth-order valence-corrected chi connectivity index (χ4v) is 3.98. The lowest BCUT2D eigenvalue weighted by Crippen LogP contribution is -2.49. The van der Waals surface area contributed by atoms with E-state index in [2.05, 4.69) is 24.2 Å². The minimum Gasteiger partial charge on any atom is -0.312 e. The van der Waals surface area contributed by atoms with Gasteiger partial charge in [-0.25, -0.2) is 0 Å². The van der Waals surface area contributed by atoms with Crippen molar-refractivity contribution in [3.05, 3.63) is 0 Å². The van der Waals surface area contributed by atoms with E-state index >= 15 is 0 Å². The van der Waals surface area contributed by atoms with Gasteiger partial charge in [0.1, 0.15) is 0 Å². The Balaban J connectivity index is 1.94. The van der Waals surface area contributed by atoms with E-state index in [4.69, 9.17) is 0 Å². The van der Waals surface area contributed by atoms with Crippen LogP contribution < -0.4 is 5.32 Å². The van der Waals surface area contributed by atoms with Gasteiger partial charge in [0, 0.05) is 18.1 Å². The van der Waals surface area contributed by atoms with Gasteiger partial charge >= 0.3 is 0 Å². The van der Waals surface area contributed by atoms with Gasteiger partial charge < -0.3 is 5.32 Å². The Bertz CT molecular complexity index is 262. The van der Waals surface area contributed by atoms with E-state index in [0.29, 0.717) is 0 Å². The fourth-order valence-electron chi connectivity index (χ4n) is 3.98. The summed E-state index contributed by atoms with van der Waals surface area (Å²) >= 11 is 0. The first-order valence-corrected chi connectivity index (χ1v) is 9.78. The summed E-state index contributed by atoms with van der Waals surface area (Å²) < 4.78 is 0. The molecule has 2 aliphatic rings. The maximum absolute atomic E-state index is 3.90. The van der Waals surface area contributed by atoms with Gasteiger partial charge in [-0.15, -0.1) is 0 Å². The lowest BCUT2D eigenvalue weighted by atomic mass is 9.93. The largest absolute Gasteiger partial charge is 0.312 e. The standard InChI is InChI=1S/C19H38N2/c1-3-16-20-18-12-10-8-6-4-5-7-9-11-13-19(18)21(2)17-14-15-17/h17-20H,3-16H2,1-2H3. The molecule has 0 aromatic carbocycles. The molecule has 1 N–H and O–H groups in total. The summed E-state index contributed by atoms with van der Waals surface area (Å²) in [6, 6.07) is 2.41. The number of rotatable bonds is 5. The minimum atomic E-state index is 0.731. The predicted molar refractivity (Wildman–Crippen MR) is 92.8 cm³/mol. The Kier molecular flexibility index (Phi) is 8.10. The molecule has 0 radical (unpaired) electrons. The number of hydrogen-bond acceptors (Lipinski definition) is 2. The SMILES string of the molecule is CCCNC1CCCCCCCCCCC1N(C)C1CC1. The number of nitrogens with one attached hydrogen (secondary N) is 1. The average molecular weight is 295 g/mol. The molecule has 0 spiro atoms. The molecule has 2 nitrogen and oxygen atoms in total. The van der Waals surface area contributed by atoms with Gasteiger partial charge in [0.05, 0.1) is 0 Å². The van der Waals surface area contributed by atoms with Crippen LogP contribution in [-0.4, -0.2) is 36.6 Å². The highest BCUT2D eigenvalue weighted by Gasteiger charge is 2.34. The Morgan fingerprint density at radius 3 is 1.95 bits per heavy atom. The van der Waals surface area contributed by atoms with Crippen LogP contribution in [0, 0.1) is 0 Å². The highest BCUT2D eigenvalue weighted by atomic mass is 15.2. The lowest BCUT2D eigenvalue weighted by Gasteiger charge is -2.36. The zero-order valence-electron chi connectivity index (χ0n) is 14.6. The maximum atomic E-state index is 3.90. The molecule has 0 amide bonds. The molecule has 2 saturated carbocycles. The first kappa shape index (κ1) is 17.3. The summed E-state index contributed by atoms with van der Waals surface area (Å²) in [6.45, 7) is 3.49. The van der Waals surface area contributed by atoms with Crippen LogP contribution in [0.25, 0.3) is 0 Å². The van der Waals surface area contributed by atoms with Gasteiger partial charge in [-0.1, -0.05) is 58.3 Å². The van der Waals surface area contributed by atoms with E-state index in [1.54, 1.807) is 0 Å². The minimum absolute atomic E-state index is 0.731. The quantitative estimate of drug-likeness (QED) is 0.788. The predicted octanol–water partition coefficient (Wildman–Crippen LogP) is 4.73. The van der Waals surface area contributed by atoms with Crippen molar-refractivity contribution in [2.24, 2.45) is 0 Å². The van der Waals surface area contributed by atoms with Crippen molar-refractivity contribution in [2.75, 3.05) is 13.6 Å². The number of nitrogens with zero attached hydrogens (tertiary/aromatic N) is 1. The van der Waals surface area contributed by atoms with E-state index in [1.807, 2.05) is 0 Å². The van der Waals surface area contributed by atoms with Crippen LogP contribution in [0.2, 0.25) is 0 Å². The maximum Gasteiger partial charge on any atom is 0.0249 e. The second-order valence-corrected chi connectivity index (χ2v) is 7.43. The smallest absolute Gasteiger partial charge is 0.0249 e. The fraction of sp³-hybridized carbons (Fsp3) is 1.00. The van der Waals surface area contributed by atoms with Crippen LogP contribution in [0.4, 0.5) is 0 Å². The molecule has 2 aliphatic carbocycles. The monoisotopic (exact) mass is 294 g/mol. The Labute approximate surface area is 133 Å².